The Kier molecular flexibility index (Phi) is 6.19. The van der Waals surface area contributed by atoms with Crippen molar-refractivity contribution in [2.45, 2.75) is 13.5 Å². The number of anilines is 2. The highest BCUT2D eigenvalue weighted by atomic mass is 79.9. The standard InChI is InChI=1S/C18H15BrCl2N4S/c1-11-2-6-14(7-3-11)22-18(26)23-17-15(19)10-25(24-17)9-12-4-5-13(20)8-16(12)21/h2-8,10H,9H2,1H3,(H2,22,23,24,26). The van der Waals surface area contributed by atoms with Crippen LogP contribution in [0, 0.1) is 6.92 Å². The molecule has 8 heteroatoms. The Bertz CT molecular complexity index is 941. The van der Waals surface area contributed by atoms with E-state index in [0.29, 0.717) is 27.5 Å². The highest BCUT2D eigenvalue weighted by Gasteiger charge is 2.10. The molecule has 0 saturated carbocycles. The van der Waals surface area contributed by atoms with Gasteiger partial charge in [-0.3, -0.25) is 4.68 Å². The number of hydrogen-bond donors (Lipinski definition) is 2. The van der Waals surface area contributed by atoms with E-state index in [4.69, 9.17) is 35.4 Å². The number of nitrogens with one attached hydrogen (secondary N) is 2. The van der Waals surface area contributed by atoms with Crippen LogP contribution in [0.5, 0.6) is 0 Å². The summed E-state index contributed by atoms with van der Waals surface area (Å²) in [4.78, 5) is 0. The van der Waals surface area contributed by atoms with Crippen LogP contribution in [0.4, 0.5) is 11.5 Å². The van der Waals surface area contributed by atoms with Crippen LogP contribution in [-0.2, 0) is 6.54 Å². The molecular weight excluding hydrogens is 455 g/mol. The van der Waals surface area contributed by atoms with Crippen LogP contribution in [0.15, 0.2) is 53.1 Å². The monoisotopic (exact) mass is 468 g/mol. The molecule has 2 N–H and O–H groups in total. The van der Waals surface area contributed by atoms with Crippen LogP contribution in [0.2, 0.25) is 10.0 Å². The quantitative estimate of drug-likeness (QED) is 0.451. The molecule has 4 nitrogen and oxygen atoms in total. The van der Waals surface area contributed by atoms with Crippen LogP contribution in [0.1, 0.15) is 11.1 Å². The number of hydrogen-bond acceptors (Lipinski definition) is 2. The number of rotatable bonds is 4. The molecule has 0 unspecified atom stereocenters. The van der Waals surface area contributed by atoms with Gasteiger partial charge in [-0.25, -0.2) is 0 Å². The number of nitrogens with zero attached hydrogens (tertiary/aromatic N) is 2. The first-order valence-electron chi connectivity index (χ1n) is 7.72. The Morgan fingerprint density at radius 3 is 2.58 bits per heavy atom. The Balaban J connectivity index is 1.67. The highest BCUT2D eigenvalue weighted by molar-refractivity contribution is 9.10. The average molecular weight is 470 g/mol. The summed E-state index contributed by atoms with van der Waals surface area (Å²) in [5.41, 5.74) is 3.03. The van der Waals surface area contributed by atoms with Crippen molar-refractivity contribution in [1.82, 2.24) is 9.78 Å². The second kappa shape index (κ2) is 8.39. The summed E-state index contributed by atoms with van der Waals surface area (Å²) in [5, 5.41) is 12.4. The van der Waals surface area contributed by atoms with E-state index in [2.05, 4.69) is 31.7 Å². The molecule has 0 atom stereocenters. The molecule has 0 amide bonds. The molecule has 134 valence electrons. The van der Waals surface area contributed by atoms with E-state index >= 15 is 0 Å². The number of aromatic nitrogens is 2. The third-order valence-electron chi connectivity index (χ3n) is 3.61. The minimum absolute atomic E-state index is 0.462. The van der Waals surface area contributed by atoms with Crippen molar-refractivity contribution in [3.05, 3.63) is 74.3 Å². The van der Waals surface area contributed by atoms with Gasteiger partial charge in [-0.1, -0.05) is 47.0 Å². The SMILES string of the molecule is Cc1ccc(NC(=S)Nc2nn(Cc3ccc(Cl)cc3Cl)cc2Br)cc1. The smallest absolute Gasteiger partial charge is 0.176 e. The molecule has 0 bridgehead atoms. The maximum atomic E-state index is 6.23. The van der Waals surface area contributed by atoms with E-state index in [1.807, 2.05) is 43.5 Å². The molecule has 0 spiro atoms. The first-order chi connectivity index (χ1) is 12.4. The van der Waals surface area contributed by atoms with E-state index in [0.717, 1.165) is 15.7 Å². The van der Waals surface area contributed by atoms with Gasteiger partial charge in [0, 0.05) is 21.9 Å². The second-order valence-electron chi connectivity index (χ2n) is 5.70. The lowest BCUT2D eigenvalue weighted by molar-refractivity contribution is 0.690. The molecule has 26 heavy (non-hydrogen) atoms. The van der Waals surface area contributed by atoms with Gasteiger partial charge in [-0.2, -0.15) is 5.10 Å². The van der Waals surface area contributed by atoms with Gasteiger partial charge in [-0.15, -0.1) is 0 Å². The fraction of sp³-hybridized carbons (Fsp3) is 0.111. The topological polar surface area (TPSA) is 41.9 Å². The lowest BCUT2D eigenvalue weighted by Gasteiger charge is -2.09. The molecule has 0 saturated heterocycles. The van der Waals surface area contributed by atoms with Crippen molar-refractivity contribution in [3.63, 3.8) is 0 Å². The molecule has 0 aliphatic rings. The van der Waals surface area contributed by atoms with Gasteiger partial charge >= 0.3 is 0 Å². The number of thiocarbonyl (C=S) groups is 1. The lowest BCUT2D eigenvalue weighted by atomic mass is 10.2. The Morgan fingerprint density at radius 2 is 1.88 bits per heavy atom. The first kappa shape index (κ1) is 19.2. The van der Waals surface area contributed by atoms with E-state index in [-0.39, 0.29) is 0 Å². The highest BCUT2D eigenvalue weighted by Crippen LogP contribution is 2.24. The van der Waals surface area contributed by atoms with E-state index in [1.54, 1.807) is 16.8 Å². The zero-order valence-electron chi connectivity index (χ0n) is 13.8. The normalized spacial score (nSPS) is 10.6. The molecular formula is C18H15BrCl2N4S. The molecule has 3 rings (SSSR count). The zero-order chi connectivity index (χ0) is 18.7. The molecule has 2 aromatic carbocycles. The summed E-state index contributed by atoms with van der Waals surface area (Å²) in [7, 11) is 0. The van der Waals surface area contributed by atoms with E-state index in [9.17, 15) is 0 Å². The van der Waals surface area contributed by atoms with E-state index in [1.165, 1.54) is 5.56 Å². The molecule has 0 aliphatic heterocycles. The lowest BCUT2D eigenvalue weighted by Crippen LogP contribution is -2.19. The van der Waals surface area contributed by atoms with Crippen molar-refractivity contribution in [1.29, 1.82) is 0 Å². The summed E-state index contributed by atoms with van der Waals surface area (Å²) in [5.74, 6) is 0.625. The summed E-state index contributed by atoms with van der Waals surface area (Å²) >= 11 is 21.0. The first-order valence-corrected chi connectivity index (χ1v) is 9.68. The number of halogens is 3. The van der Waals surface area contributed by atoms with Crippen LogP contribution in [0.25, 0.3) is 0 Å². The van der Waals surface area contributed by atoms with Gasteiger partial charge in [0.1, 0.15) is 0 Å². The van der Waals surface area contributed by atoms with Crippen LogP contribution < -0.4 is 10.6 Å². The van der Waals surface area contributed by atoms with Crippen LogP contribution >= 0.6 is 51.3 Å². The van der Waals surface area contributed by atoms with E-state index < -0.39 is 0 Å². The second-order valence-corrected chi connectivity index (χ2v) is 7.81. The van der Waals surface area contributed by atoms with Crippen molar-refractivity contribution < 1.29 is 0 Å². The van der Waals surface area contributed by atoms with Crippen molar-refractivity contribution in [2.24, 2.45) is 0 Å². The van der Waals surface area contributed by atoms with Gasteiger partial charge in [0.15, 0.2) is 10.9 Å². The molecule has 0 aliphatic carbocycles. The minimum Gasteiger partial charge on any atom is -0.332 e. The fourth-order valence-corrected chi connectivity index (χ4v) is 3.39. The third-order valence-corrected chi connectivity index (χ3v) is 4.98. The maximum Gasteiger partial charge on any atom is 0.176 e. The van der Waals surface area contributed by atoms with Gasteiger partial charge in [-0.05, 0) is 64.9 Å². The summed E-state index contributed by atoms with van der Waals surface area (Å²) in [6.45, 7) is 2.56. The summed E-state index contributed by atoms with van der Waals surface area (Å²) < 4.78 is 2.58. The Hall–Kier alpha value is -1.60. The Labute approximate surface area is 175 Å². The molecule has 3 aromatic rings. The minimum atomic E-state index is 0.462. The fourth-order valence-electron chi connectivity index (χ4n) is 2.29. The predicted molar refractivity (Wildman–Crippen MR) is 117 cm³/mol. The zero-order valence-corrected chi connectivity index (χ0v) is 17.7. The average Bonchev–Trinajstić information content (AvgIpc) is 2.92. The van der Waals surface area contributed by atoms with Gasteiger partial charge in [0.05, 0.1) is 11.0 Å². The molecule has 0 radical (unpaired) electrons. The van der Waals surface area contributed by atoms with Crippen LogP contribution in [-0.4, -0.2) is 14.9 Å². The molecule has 0 fully saturated rings. The number of aryl methyl sites for hydroxylation is 1. The van der Waals surface area contributed by atoms with Gasteiger partial charge in [0.25, 0.3) is 0 Å². The maximum absolute atomic E-state index is 6.23. The third kappa shape index (κ3) is 4.98. The molecule has 1 heterocycles. The predicted octanol–water partition coefficient (Wildman–Crippen LogP) is 6.12. The van der Waals surface area contributed by atoms with Gasteiger partial charge in [0.2, 0.25) is 0 Å². The summed E-state index contributed by atoms with van der Waals surface area (Å²) in [6, 6.07) is 13.4. The number of benzene rings is 2. The molecule has 1 aromatic heterocycles. The van der Waals surface area contributed by atoms with Crippen molar-refractivity contribution >= 4 is 68.0 Å². The van der Waals surface area contributed by atoms with Gasteiger partial charge < -0.3 is 10.6 Å². The summed E-state index contributed by atoms with van der Waals surface area (Å²) in [6.07, 6.45) is 1.86. The van der Waals surface area contributed by atoms with Crippen molar-refractivity contribution in [2.75, 3.05) is 10.6 Å². The van der Waals surface area contributed by atoms with Crippen LogP contribution in [0.3, 0.4) is 0 Å². The Morgan fingerprint density at radius 1 is 1.15 bits per heavy atom. The van der Waals surface area contributed by atoms with Crippen molar-refractivity contribution in [3.8, 4) is 0 Å². The largest absolute Gasteiger partial charge is 0.332 e.